The lowest BCUT2D eigenvalue weighted by Gasteiger charge is -2.28. The molecule has 6 nitrogen and oxygen atoms in total. The van der Waals surface area contributed by atoms with E-state index >= 15 is 0 Å². The van der Waals surface area contributed by atoms with Crippen LogP contribution in [0.2, 0.25) is 6.04 Å². The quantitative estimate of drug-likeness (QED) is 0.340. The van der Waals surface area contributed by atoms with Crippen LogP contribution in [-0.2, 0) is 27.5 Å². The average molecular weight is 324 g/mol. The van der Waals surface area contributed by atoms with Gasteiger partial charge in [-0.2, -0.15) is 0 Å². The van der Waals surface area contributed by atoms with Crippen molar-refractivity contribution in [3.05, 3.63) is 0 Å². The van der Waals surface area contributed by atoms with Crippen LogP contribution in [0.3, 0.4) is 0 Å². The minimum atomic E-state index is -2.53. The summed E-state index contributed by atoms with van der Waals surface area (Å²) in [5, 5.41) is 0. The third-order valence-corrected chi connectivity index (χ3v) is 6.01. The molecule has 0 bridgehead atoms. The minimum absolute atomic E-state index is 0.0253. The molecule has 0 saturated heterocycles. The molecule has 0 amide bonds. The molecule has 1 unspecified atom stereocenters. The minimum Gasteiger partial charge on any atom is -0.382 e. The van der Waals surface area contributed by atoms with E-state index in [2.05, 4.69) is 0 Å². The summed E-state index contributed by atoms with van der Waals surface area (Å²) in [5.74, 6) is 0. The van der Waals surface area contributed by atoms with Gasteiger partial charge in [0.15, 0.2) is 0 Å². The smallest absolute Gasteiger partial charge is 0.382 e. The van der Waals surface area contributed by atoms with Crippen molar-refractivity contribution in [2.75, 3.05) is 53.9 Å². The van der Waals surface area contributed by atoms with Crippen LogP contribution in [0.25, 0.3) is 0 Å². The predicted molar refractivity (Wildman–Crippen MR) is 83.5 cm³/mol. The molecule has 0 spiro atoms. The molecule has 7 heteroatoms. The second-order valence-electron chi connectivity index (χ2n) is 4.47. The van der Waals surface area contributed by atoms with Crippen LogP contribution in [-0.4, -0.2) is 68.8 Å². The highest BCUT2D eigenvalue weighted by Crippen LogP contribution is 2.18. The van der Waals surface area contributed by atoms with Crippen molar-refractivity contribution >= 4 is 8.80 Å². The van der Waals surface area contributed by atoms with E-state index in [4.69, 9.17) is 27.5 Å². The average Bonchev–Trinajstić information content (AvgIpc) is 2.46. The molecule has 1 atom stereocenters. The lowest BCUT2D eigenvalue weighted by Crippen LogP contribution is -2.46. The molecule has 0 aliphatic carbocycles. The van der Waals surface area contributed by atoms with Gasteiger partial charge in [0.2, 0.25) is 0 Å². The Balaban J connectivity index is 4.06. The molecule has 0 rings (SSSR count). The maximum Gasteiger partial charge on any atom is 0.501 e. The zero-order chi connectivity index (χ0) is 16.0. The lowest BCUT2D eigenvalue weighted by molar-refractivity contribution is -0.0308. The number of hydrogen-bond acceptors (Lipinski definition) is 6. The van der Waals surface area contributed by atoms with Crippen LogP contribution in [0, 0.1) is 0 Å². The fourth-order valence-electron chi connectivity index (χ4n) is 1.98. The summed E-state index contributed by atoms with van der Waals surface area (Å²) in [6.07, 6.45) is 0.818. The molecular weight excluding hydrogens is 292 g/mol. The molecule has 0 aliphatic rings. The van der Waals surface area contributed by atoms with Gasteiger partial charge in [0.05, 0.1) is 13.2 Å². The number of methoxy groups -OCH3 is 2. The van der Waals surface area contributed by atoms with Crippen molar-refractivity contribution in [1.29, 1.82) is 0 Å². The second kappa shape index (κ2) is 13.6. The summed E-state index contributed by atoms with van der Waals surface area (Å²) in [5.41, 5.74) is 0. The van der Waals surface area contributed by atoms with E-state index in [0.717, 1.165) is 12.5 Å². The summed E-state index contributed by atoms with van der Waals surface area (Å²) in [7, 11) is 0.776. The Bertz CT molecular complexity index is 212. The van der Waals surface area contributed by atoms with Gasteiger partial charge in [0.1, 0.15) is 6.10 Å². The molecule has 128 valence electrons. The van der Waals surface area contributed by atoms with Gasteiger partial charge in [-0.05, 0) is 27.2 Å². The van der Waals surface area contributed by atoms with Crippen LogP contribution in [0.5, 0.6) is 0 Å². The maximum atomic E-state index is 5.79. The maximum absolute atomic E-state index is 5.79. The summed E-state index contributed by atoms with van der Waals surface area (Å²) in [4.78, 5) is 0. The van der Waals surface area contributed by atoms with Crippen molar-refractivity contribution < 1.29 is 27.5 Å². The highest BCUT2D eigenvalue weighted by Gasteiger charge is 2.39. The van der Waals surface area contributed by atoms with Crippen molar-refractivity contribution in [3.8, 4) is 0 Å². The van der Waals surface area contributed by atoms with Crippen LogP contribution < -0.4 is 0 Å². The highest BCUT2D eigenvalue weighted by atomic mass is 28.4. The van der Waals surface area contributed by atoms with Gasteiger partial charge < -0.3 is 27.5 Å². The van der Waals surface area contributed by atoms with E-state index in [1.165, 1.54) is 0 Å². The molecule has 0 N–H and O–H groups in total. The van der Waals surface area contributed by atoms with E-state index in [1.54, 1.807) is 14.2 Å². The Morgan fingerprint density at radius 2 is 1.43 bits per heavy atom. The van der Waals surface area contributed by atoms with Crippen LogP contribution in [0.4, 0.5) is 0 Å². The molecule has 0 aromatic rings. The van der Waals surface area contributed by atoms with Gasteiger partial charge >= 0.3 is 8.80 Å². The third-order valence-electron chi connectivity index (χ3n) is 2.85. The molecule has 0 aromatic heterocycles. The highest BCUT2D eigenvalue weighted by molar-refractivity contribution is 6.60. The van der Waals surface area contributed by atoms with E-state index in [1.807, 2.05) is 20.8 Å². The summed E-state index contributed by atoms with van der Waals surface area (Å²) in [6, 6.07) is 0.768. The van der Waals surface area contributed by atoms with Gasteiger partial charge in [-0.3, -0.25) is 0 Å². The SMILES string of the molecule is CCO[Si](CCCOCC(COC)OC)(OCC)OCC. The van der Waals surface area contributed by atoms with Crippen molar-refractivity contribution in [2.24, 2.45) is 0 Å². The Kier molecular flexibility index (Phi) is 13.6. The normalized spacial score (nSPS) is 13.6. The summed E-state index contributed by atoms with van der Waals surface area (Å²) < 4.78 is 33.3. The lowest BCUT2D eigenvalue weighted by atomic mass is 10.4. The van der Waals surface area contributed by atoms with E-state index in [0.29, 0.717) is 39.6 Å². The first-order valence-corrected chi connectivity index (χ1v) is 9.62. The topological polar surface area (TPSA) is 55.4 Å². The van der Waals surface area contributed by atoms with Gasteiger partial charge in [-0.15, -0.1) is 0 Å². The van der Waals surface area contributed by atoms with E-state index in [-0.39, 0.29) is 6.10 Å². The molecule has 0 heterocycles. The van der Waals surface area contributed by atoms with Gasteiger partial charge in [-0.25, -0.2) is 0 Å². The Labute approximate surface area is 130 Å². The number of hydrogen-bond donors (Lipinski definition) is 0. The fourth-order valence-corrected chi connectivity index (χ4v) is 4.56. The monoisotopic (exact) mass is 324 g/mol. The first-order valence-electron chi connectivity index (χ1n) is 7.69. The summed E-state index contributed by atoms with van der Waals surface area (Å²) in [6.45, 7) is 9.39. The third kappa shape index (κ3) is 9.57. The van der Waals surface area contributed by atoms with Crippen LogP contribution >= 0.6 is 0 Å². The van der Waals surface area contributed by atoms with Crippen molar-refractivity contribution in [3.63, 3.8) is 0 Å². The Morgan fingerprint density at radius 1 is 0.857 bits per heavy atom. The number of rotatable bonds is 15. The van der Waals surface area contributed by atoms with Gasteiger partial charge in [-0.1, -0.05) is 0 Å². The van der Waals surface area contributed by atoms with E-state index < -0.39 is 8.80 Å². The Hall–Kier alpha value is -0.0231. The summed E-state index contributed by atoms with van der Waals surface area (Å²) >= 11 is 0. The zero-order valence-electron chi connectivity index (χ0n) is 14.2. The molecule has 0 saturated carbocycles. The standard InChI is InChI=1S/C14H32O6Si/c1-6-18-21(19-7-2,20-8-3)11-9-10-17-13-14(16-5)12-15-4/h14H,6-13H2,1-5H3. The van der Waals surface area contributed by atoms with Gasteiger partial charge in [0, 0.05) is 46.7 Å². The zero-order valence-corrected chi connectivity index (χ0v) is 15.2. The fraction of sp³-hybridized carbons (Fsp3) is 1.00. The molecule has 0 radical (unpaired) electrons. The first kappa shape index (κ1) is 21.0. The second-order valence-corrected chi connectivity index (χ2v) is 7.21. The predicted octanol–water partition coefficient (Wildman–Crippen LogP) is 2.10. The van der Waals surface area contributed by atoms with E-state index in [9.17, 15) is 0 Å². The van der Waals surface area contributed by atoms with Crippen molar-refractivity contribution in [1.82, 2.24) is 0 Å². The van der Waals surface area contributed by atoms with Crippen LogP contribution in [0.15, 0.2) is 0 Å². The molecule has 0 aromatic carbocycles. The largest absolute Gasteiger partial charge is 0.501 e. The molecule has 0 fully saturated rings. The van der Waals surface area contributed by atoms with Crippen molar-refractivity contribution in [2.45, 2.75) is 39.3 Å². The Morgan fingerprint density at radius 3 is 1.86 bits per heavy atom. The molecule has 0 aliphatic heterocycles. The van der Waals surface area contributed by atoms with Gasteiger partial charge in [0.25, 0.3) is 0 Å². The van der Waals surface area contributed by atoms with Crippen LogP contribution in [0.1, 0.15) is 27.2 Å². The first-order chi connectivity index (χ1) is 10.2. The number of ether oxygens (including phenoxy) is 3. The molecular formula is C14H32O6Si. The molecule has 21 heavy (non-hydrogen) atoms.